The van der Waals surface area contributed by atoms with Crippen molar-refractivity contribution in [1.82, 2.24) is 15.4 Å². The van der Waals surface area contributed by atoms with Gasteiger partial charge in [0.2, 0.25) is 5.96 Å². The first-order valence-electron chi connectivity index (χ1n) is 7.36. The number of nitrogens with one attached hydrogen (secondary N) is 3. The largest absolute Gasteiger partial charge is 0.491 e. The fraction of sp³-hybridized carbons (Fsp3) is 0.357. The molecule has 1 aliphatic rings. The SMILES string of the molecule is COC1(C)N=CNC(NC(=O)NS(=O)(=O)c2ccccc2OCCCl)=N1. The summed E-state index contributed by atoms with van der Waals surface area (Å²) < 4.78 is 37.2. The van der Waals surface area contributed by atoms with E-state index in [-0.39, 0.29) is 29.1 Å². The fourth-order valence-electron chi connectivity index (χ4n) is 1.89. The summed E-state index contributed by atoms with van der Waals surface area (Å²) in [5, 5.41) is 4.85. The highest BCUT2D eigenvalue weighted by molar-refractivity contribution is 7.90. The summed E-state index contributed by atoms with van der Waals surface area (Å²) in [5.74, 6) is -0.966. The van der Waals surface area contributed by atoms with Crippen LogP contribution < -0.4 is 20.1 Å². The van der Waals surface area contributed by atoms with Gasteiger partial charge in [-0.2, -0.15) is 4.99 Å². The van der Waals surface area contributed by atoms with Crippen LogP contribution in [0.1, 0.15) is 6.92 Å². The molecule has 0 saturated heterocycles. The molecular weight excluding hydrogens is 386 g/mol. The Balaban J connectivity index is 2.11. The van der Waals surface area contributed by atoms with Crippen LogP contribution in [0, 0.1) is 0 Å². The van der Waals surface area contributed by atoms with Crippen LogP contribution in [0.3, 0.4) is 0 Å². The lowest BCUT2D eigenvalue weighted by Crippen LogP contribution is -2.50. The van der Waals surface area contributed by atoms with Crippen molar-refractivity contribution in [3.05, 3.63) is 24.3 Å². The molecule has 26 heavy (non-hydrogen) atoms. The lowest BCUT2D eigenvalue weighted by Gasteiger charge is -2.23. The number of hydrogen-bond donors (Lipinski definition) is 3. The minimum atomic E-state index is -4.18. The molecule has 0 aliphatic carbocycles. The predicted molar refractivity (Wildman–Crippen MR) is 96.0 cm³/mol. The molecule has 142 valence electrons. The van der Waals surface area contributed by atoms with E-state index in [0.29, 0.717) is 0 Å². The van der Waals surface area contributed by atoms with Gasteiger partial charge < -0.3 is 14.8 Å². The molecule has 1 unspecified atom stereocenters. The maximum atomic E-state index is 12.5. The second-order valence-electron chi connectivity index (χ2n) is 5.04. The summed E-state index contributed by atoms with van der Waals surface area (Å²) in [7, 11) is -2.79. The Labute approximate surface area is 155 Å². The maximum absolute atomic E-state index is 12.5. The van der Waals surface area contributed by atoms with Crippen molar-refractivity contribution in [2.45, 2.75) is 17.7 Å². The Bertz CT molecular complexity index is 829. The Kier molecular flexibility index (Phi) is 6.40. The number of aliphatic imine (C=N–C) groups is 2. The third-order valence-electron chi connectivity index (χ3n) is 3.14. The highest BCUT2D eigenvalue weighted by atomic mass is 35.5. The van der Waals surface area contributed by atoms with Gasteiger partial charge in [-0.05, 0) is 12.1 Å². The van der Waals surface area contributed by atoms with E-state index >= 15 is 0 Å². The molecule has 0 aromatic heterocycles. The normalized spacial score (nSPS) is 19.3. The van der Waals surface area contributed by atoms with Crippen LogP contribution in [0.2, 0.25) is 0 Å². The number of nitrogens with zero attached hydrogens (tertiary/aromatic N) is 2. The van der Waals surface area contributed by atoms with E-state index in [4.69, 9.17) is 21.1 Å². The van der Waals surface area contributed by atoms with Gasteiger partial charge >= 0.3 is 6.03 Å². The molecule has 0 bridgehead atoms. The van der Waals surface area contributed by atoms with Crippen LogP contribution >= 0.6 is 11.6 Å². The average Bonchev–Trinajstić information content (AvgIpc) is 2.59. The molecule has 12 heteroatoms. The van der Waals surface area contributed by atoms with Gasteiger partial charge in [-0.15, -0.1) is 11.6 Å². The smallest absolute Gasteiger partial charge is 0.335 e. The van der Waals surface area contributed by atoms with Crippen molar-refractivity contribution in [2.24, 2.45) is 9.98 Å². The lowest BCUT2D eigenvalue weighted by atomic mass is 10.3. The number of sulfonamides is 1. The molecule has 1 aromatic carbocycles. The van der Waals surface area contributed by atoms with Crippen molar-refractivity contribution in [1.29, 1.82) is 0 Å². The Hall–Kier alpha value is -2.37. The van der Waals surface area contributed by atoms with Crippen LogP contribution in [0.15, 0.2) is 39.1 Å². The molecule has 1 aromatic rings. The number of carbonyl (C=O) groups excluding carboxylic acids is 1. The summed E-state index contributed by atoms with van der Waals surface area (Å²) in [6.07, 6.45) is 1.27. The van der Waals surface area contributed by atoms with Crippen molar-refractivity contribution < 1.29 is 22.7 Å². The first-order chi connectivity index (χ1) is 12.3. The number of amides is 2. The number of ether oxygens (including phenoxy) is 2. The van der Waals surface area contributed by atoms with Crippen molar-refractivity contribution in [3.63, 3.8) is 0 Å². The molecule has 0 saturated carbocycles. The van der Waals surface area contributed by atoms with Gasteiger partial charge in [-0.3, -0.25) is 5.32 Å². The van der Waals surface area contributed by atoms with E-state index in [1.54, 1.807) is 13.0 Å². The molecule has 0 fully saturated rings. The van der Waals surface area contributed by atoms with E-state index < -0.39 is 21.9 Å². The minimum absolute atomic E-state index is 0.0243. The van der Waals surface area contributed by atoms with Gasteiger partial charge in [0, 0.05) is 14.0 Å². The van der Waals surface area contributed by atoms with E-state index in [1.807, 2.05) is 4.72 Å². The number of carbonyl (C=O) groups is 1. The van der Waals surface area contributed by atoms with Crippen LogP contribution in [-0.2, 0) is 14.8 Å². The van der Waals surface area contributed by atoms with Gasteiger partial charge in [-0.25, -0.2) is 22.9 Å². The standard InChI is InChI=1S/C14H18ClN5O5S/c1-14(24-2)17-9-16-12(19-14)18-13(21)20-26(22,23)11-6-4-3-5-10(11)25-8-7-15/h3-6,9H,7-8H2,1-2H3,(H3,16,17,18,19,20,21). The van der Waals surface area contributed by atoms with Crippen molar-refractivity contribution in [3.8, 4) is 5.75 Å². The van der Waals surface area contributed by atoms with Crippen molar-refractivity contribution >= 4 is 40.0 Å². The summed E-state index contributed by atoms with van der Waals surface area (Å²) in [4.78, 5) is 19.8. The third-order valence-corrected chi connectivity index (χ3v) is 4.67. The van der Waals surface area contributed by atoms with E-state index in [0.717, 1.165) is 0 Å². The number of methoxy groups -OCH3 is 1. The summed E-state index contributed by atoms with van der Waals surface area (Å²) >= 11 is 5.55. The van der Waals surface area contributed by atoms with E-state index in [2.05, 4.69) is 20.6 Å². The summed E-state index contributed by atoms with van der Waals surface area (Å²) in [6.45, 7) is 1.68. The third kappa shape index (κ3) is 5.07. The molecule has 3 N–H and O–H groups in total. The number of halogens is 1. The molecule has 2 amide bonds. The lowest BCUT2D eigenvalue weighted by molar-refractivity contribution is 0.0209. The second-order valence-corrected chi connectivity index (χ2v) is 7.07. The molecular formula is C14H18ClN5O5S. The molecule has 2 rings (SSSR count). The van der Waals surface area contributed by atoms with Crippen LogP contribution in [0.4, 0.5) is 4.79 Å². The number of guanidine groups is 1. The zero-order valence-electron chi connectivity index (χ0n) is 14.0. The monoisotopic (exact) mass is 403 g/mol. The minimum Gasteiger partial charge on any atom is -0.491 e. The number of para-hydroxylation sites is 1. The van der Waals surface area contributed by atoms with Gasteiger partial charge in [0.05, 0.1) is 12.2 Å². The molecule has 1 atom stereocenters. The van der Waals surface area contributed by atoms with Gasteiger partial charge in [0.25, 0.3) is 15.9 Å². The van der Waals surface area contributed by atoms with Gasteiger partial charge in [0.15, 0.2) is 0 Å². The average molecular weight is 404 g/mol. The number of alkyl halides is 1. The number of hydrogen-bond acceptors (Lipinski definition) is 8. The Morgan fingerprint density at radius 1 is 1.38 bits per heavy atom. The first kappa shape index (κ1) is 19.9. The summed E-state index contributed by atoms with van der Waals surface area (Å²) in [6, 6.07) is 4.87. The Morgan fingerprint density at radius 2 is 2.12 bits per heavy atom. The Morgan fingerprint density at radius 3 is 2.81 bits per heavy atom. The number of rotatable bonds is 6. The highest BCUT2D eigenvalue weighted by Gasteiger charge is 2.26. The van der Waals surface area contributed by atoms with E-state index in [1.165, 1.54) is 31.6 Å². The predicted octanol–water partition coefficient (Wildman–Crippen LogP) is 0.600. The molecule has 1 heterocycles. The molecule has 0 radical (unpaired) electrons. The van der Waals surface area contributed by atoms with Gasteiger partial charge in [-0.1, -0.05) is 12.1 Å². The molecule has 1 aliphatic heterocycles. The maximum Gasteiger partial charge on any atom is 0.335 e. The second kappa shape index (κ2) is 8.34. The van der Waals surface area contributed by atoms with Crippen LogP contribution in [0.5, 0.6) is 5.75 Å². The number of benzene rings is 1. The quantitative estimate of drug-likeness (QED) is 0.596. The molecule has 0 spiro atoms. The zero-order valence-corrected chi connectivity index (χ0v) is 15.6. The zero-order chi connectivity index (χ0) is 19.2. The fourth-order valence-corrected chi connectivity index (χ4v) is 3.03. The van der Waals surface area contributed by atoms with Crippen LogP contribution in [0.25, 0.3) is 0 Å². The topological polar surface area (TPSA) is 130 Å². The van der Waals surface area contributed by atoms with Crippen molar-refractivity contribution in [2.75, 3.05) is 19.6 Å². The first-order valence-corrected chi connectivity index (χ1v) is 9.38. The summed E-state index contributed by atoms with van der Waals surface area (Å²) in [5.41, 5.74) is 0. The van der Waals surface area contributed by atoms with E-state index in [9.17, 15) is 13.2 Å². The highest BCUT2D eigenvalue weighted by Crippen LogP contribution is 2.23. The molecule has 10 nitrogen and oxygen atoms in total. The number of urea groups is 1. The van der Waals surface area contributed by atoms with Gasteiger partial charge in [0.1, 0.15) is 17.3 Å². The van der Waals surface area contributed by atoms with Crippen LogP contribution in [-0.4, -0.2) is 52.2 Å².